The largest absolute Gasteiger partial charge is 0.493 e. The fourth-order valence-electron chi connectivity index (χ4n) is 2.39. The maximum atomic E-state index is 12.4. The van der Waals surface area contributed by atoms with Gasteiger partial charge in [-0.05, 0) is 42.0 Å². The minimum Gasteiger partial charge on any atom is -0.493 e. The third-order valence-corrected chi connectivity index (χ3v) is 5.94. The summed E-state index contributed by atoms with van der Waals surface area (Å²) in [6.07, 6.45) is 0. The molecule has 0 unspecified atom stereocenters. The first-order valence-electron chi connectivity index (χ1n) is 8.84. The monoisotopic (exact) mass is 423 g/mol. The van der Waals surface area contributed by atoms with Gasteiger partial charge in [0.15, 0.2) is 11.5 Å². The summed E-state index contributed by atoms with van der Waals surface area (Å²) in [7, 11) is 3.14. The first-order valence-corrected chi connectivity index (χ1v) is 10.7. The van der Waals surface area contributed by atoms with Crippen molar-refractivity contribution in [3.8, 4) is 21.9 Å². The van der Waals surface area contributed by atoms with Gasteiger partial charge in [-0.2, -0.15) is 0 Å². The SMILES string of the molecule is CCOC(=O)c1sc(-c2ccc(OC)c(OC)c2)cc1NC(=O)CSC(C)C. The predicted molar refractivity (Wildman–Crippen MR) is 115 cm³/mol. The number of carbonyl (C=O) groups excluding carboxylic acids is 2. The third-order valence-electron chi connectivity index (χ3n) is 3.68. The van der Waals surface area contributed by atoms with Crippen LogP contribution < -0.4 is 14.8 Å². The molecule has 1 aromatic heterocycles. The van der Waals surface area contributed by atoms with Crippen LogP contribution in [0.25, 0.3) is 10.4 Å². The van der Waals surface area contributed by atoms with Gasteiger partial charge in [0, 0.05) is 4.88 Å². The highest BCUT2D eigenvalue weighted by atomic mass is 32.2. The number of anilines is 1. The van der Waals surface area contributed by atoms with Gasteiger partial charge in [0.05, 0.1) is 32.3 Å². The van der Waals surface area contributed by atoms with E-state index >= 15 is 0 Å². The number of rotatable bonds is 9. The molecule has 6 nitrogen and oxygen atoms in total. The standard InChI is InChI=1S/C20H25NO5S2/c1-6-26-20(23)19-14(21-18(22)11-27-12(2)3)10-17(28-19)13-7-8-15(24-4)16(9-13)25-5/h7-10,12H,6,11H2,1-5H3,(H,21,22). The zero-order chi connectivity index (χ0) is 20.7. The van der Waals surface area contributed by atoms with Crippen molar-refractivity contribution in [2.45, 2.75) is 26.0 Å². The number of ether oxygens (including phenoxy) is 3. The number of nitrogens with one attached hydrogen (secondary N) is 1. The van der Waals surface area contributed by atoms with E-state index in [9.17, 15) is 9.59 Å². The van der Waals surface area contributed by atoms with E-state index in [-0.39, 0.29) is 12.5 Å². The average Bonchev–Trinajstić information content (AvgIpc) is 3.09. The van der Waals surface area contributed by atoms with Crippen LogP contribution in [0.15, 0.2) is 24.3 Å². The van der Waals surface area contributed by atoms with Crippen LogP contribution in [0, 0.1) is 0 Å². The van der Waals surface area contributed by atoms with Crippen LogP contribution in [0.1, 0.15) is 30.4 Å². The Bertz CT molecular complexity index is 832. The van der Waals surface area contributed by atoms with Gasteiger partial charge in [-0.25, -0.2) is 4.79 Å². The van der Waals surface area contributed by atoms with E-state index < -0.39 is 5.97 Å². The highest BCUT2D eigenvalue weighted by Gasteiger charge is 2.21. The Balaban J connectivity index is 2.36. The molecular weight excluding hydrogens is 398 g/mol. The number of esters is 1. The molecule has 0 aliphatic carbocycles. The fraction of sp³-hybridized carbons (Fsp3) is 0.400. The summed E-state index contributed by atoms with van der Waals surface area (Å²) in [5, 5.41) is 3.19. The number of hydrogen-bond donors (Lipinski definition) is 1. The number of methoxy groups -OCH3 is 2. The molecule has 0 fully saturated rings. The number of benzene rings is 1. The normalized spacial score (nSPS) is 10.6. The van der Waals surface area contributed by atoms with E-state index in [1.165, 1.54) is 11.3 Å². The summed E-state index contributed by atoms with van der Waals surface area (Å²) >= 11 is 2.81. The van der Waals surface area contributed by atoms with Crippen LogP contribution in [0.4, 0.5) is 5.69 Å². The Morgan fingerprint density at radius 3 is 2.46 bits per heavy atom. The van der Waals surface area contributed by atoms with Crippen LogP contribution in [0.3, 0.4) is 0 Å². The van der Waals surface area contributed by atoms with Crippen LogP contribution >= 0.6 is 23.1 Å². The quantitative estimate of drug-likeness (QED) is 0.590. The van der Waals surface area contributed by atoms with Gasteiger partial charge < -0.3 is 19.5 Å². The maximum Gasteiger partial charge on any atom is 0.350 e. The average molecular weight is 424 g/mol. The lowest BCUT2D eigenvalue weighted by atomic mass is 10.1. The van der Waals surface area contributed by atoms with E-state index in [0.29, 0.717) is 33.1 Å². The minimum absolute atomic E-state index is 0.152. The number of thioether (sulfide) groups is 1. The zero-order valence-corrected chi connectivity index (χ0v) is 18.3. The van der Waals surface area contributed by atoms with Crippen molar-refractivity contribution in [1.82, 2.24) is 0 Å². The topological polar surface area (TPSA) is 73.9 Å². The van der Waals surface area contributed by atoms with Crippen molar-refractivity contribution < 1.29 is 23.8 Å². The molecule has 1 N–H and O–H groups in total. The number of thiophene rings is 1. The van der Waals surface area contributed by atoms with Gasteiger partial charge >= 0.3 is 5.97 Å². The lowest BCUT2D eigenvalue weighted by Gasteiger charge is -2.08. The van der Waals surface area contributed by atoms with Gasteiger partial charge in [0.25, 0.3) is 0 Å². The molecule has 0 saturated carbocycles. The molecule has 0 atom stereocenters. The molecule has 0 saturated heterocycles. The highest BCUT2D eigenvalue weighted by Crippen LogP contribution is 2.39. The molecule has 0 bridgehead atoms. The van der Waals surface area contributed by atoms with Crippen LogP contribution in [0.5, 0.6) is 11.5 Å². The predicted octanol–water partition coefficient (Wildman–Crippen LogP) is 4.69. The van der Waals surface area contributed by atoms with E-state index in [1.54, 1.807) is 45.0 Å². The van der Waals surface area contributed by atoms with Crippen LogP contribution in [0.2, 0.25) is 0 Å². The second-order valence-corrected chi connectivity index (χ2v) is 8.67. The summed E-state index contributed by atoms with van der Waals surface area (Å²) < 4.78 is 15.8. The molecule has 1 aromatic carbocycles. The van der Waals surface area contributed by atoms with Crippen molar-refractivity contribution >= 4 is 40.7 Å². The Morgan fingerprint density at radius 1 is 1.14 bits per heavy atom. The van der Waals surface area contributed by atoms with Gasteiger partial charge in [0.1, 0.15) is 4.88 Å². The molecule has 1 heterocycles. The Hall–Kier alpha value is -2.19. The number of hydrogen-bond acceptors (Lipinski definition) is 7. The fourth-order valence-corrected chi connectivity index (χ4v) is 3.95. The Labute approximate surface area is 173 Å². The van der Waals surface area contributed by atoms with Gasteiger partial charge in [0.2, 0.25) is 5.91 Å². The molecule has 152 valence electrons. The minimum atomic E-state index is -0.453. The molecule has 28 heavy (non-hydrogen) atoms. The van der Waals surface area contributed by atoms with E-state index in [4.69, 9.17) is 14.2 Å². The van der Waals surface area contributed by atoms with Crippen LogP contribution in [-0.4, -0.2) is 43.7 Å². The maximum absolute atomic E-state index is 12.4. The highest BCUT2D eigenvalue weighted by molar-refractivity contribution is 8.00. The van der Waals surface area contributed by atoms with E-state index in [1.807, 2.05) is 26.0 Å². The smallest absolute Gasteiger partial charge is 0.350 e. The van der Waals surface area contributed by atoms with Gasteiger partial charge in [-0.15, -0.1) is 23.1 Å². The molecule has 0 aliphatic rings. The molecular formula is C20H25NO5S2. The van der Waals surface area contributed by atoms with Gasteiger partial charge in [-0.1, -0.05) is 13.8 Å². The molecule has 0 radical (unpaired) electrons. The van der Waals surface area contributed by atoms with Gasteiger partial charge in [-0.3, -0.25) is 4.79 Å². The summed E-state index contributed by atoms with van der Waals surface area (Å²) in [5.41, 5.74) is 1.31. The Morgan fingerprint density at radius 2 is 1.86 bits per heavy atom. The molecule has 0 spiro atoms. The lowest BCUT2D eigenvalue weighted by molar-refractivity contribution is -0.113. The molecule has 8 heteroatoms. The van der Waals surface area contributed by atoms with E-state index in [2.05, 4.69) is 5.32 Å². The van der Waals surface area contributed by atoms with Crippen molar-refractivity contribution in [1.29, 1.82) is 0 Å². The van der Waals surface area contributed by atoms with Crippen molar-refractivity contribution in [3.05, 3.63) is 29.1 Å². The van der Waals surface area contributed by atoms with Crippen molar-refractivity contribution in [3.63, 3.8) is 0 Å². The summed E-state index contributed by atoms with van der Waals surface area (Å²) in [4.78, 5) is 25.8. The van der Waals surface area contributed by atoms with Crippen LogP contribution in [-0.2, 0) is 9.53 Å². The molecule has 2 aromatic rings. The molecule has 0 aliphatic heterocycles. The summed E-state index contributed by atoms with van der Waals surface area (Å²) in [5.74, 6) is 0.922. The zero-order valence-electron chi connectivity index (χ0n) is 16.7. The second kappa shape index (κ2) is 10.4. The molecule has 1 amide bonds. The van der Waals surface area contributed by atoms with Crippen molar-refractivity contribution in [2.75, 3.05) is 31.9 Å². The first-order chi connectivity index (χ1) is 13.4. The third kappa shape index (κ3) is 5.65. The Kier molecular flexibility index (Phi) is 8.19. The lowest BCUT2D eigenvalue weighted by Crippen LogP contribution is -2.17. The summed E-state index contributed by atoms with van der Waals surface area (Å²) in [6.45, 7) is 6.07. The van der Waals surface area contributed by atoms with E-state index in [0.717, 1.165) is 10.4 Å². The number of carbonyl (C=O) groups is 2. The summed E-state index contributed by atoms with van der Waals surface area (Å²) in [6, 6.07) is 7.30. The van der Waals surface area contributed by atoms with Crippen molar-refractivity contribution in [2.24, 2.45) is 0 Å². The second-order valence-electron chi connectivity index (χ2n) is 6.05. The molecule has 2 rings (SSSR count). The number of amides is 1. The first kappa shape index (κ1) is 22.1.